The zero-order valence-corrected chi connectivity index (χ0v) is 16.3. The number of aryl methyl sites for hydroxylation is 1. The summed E-state index contributed by atoms with van der Waals surface area (Å²) < 4.78 is 16.4. The molecule has 1 aliphatic heterocycles. The zero-order chi connectivity index (χ0) is 19.3. The van der Waals surface area contributed by atoms with Gasteiger partial charge < -0.3 is 9.88 Å². The maximum absolute atomic E-state index is 14.2. The van der Waals surface area contributed by atoms with E-state index in [0.717, 1.165) is 40.8 Å². The molecule has 28 heavy (non-hydrogen) atoms. The first-order valence-electron chi connectivity index (χ1n) is 9.49. The number of benzene rings is 3. The molecule has 0 radical (unpaired) electrons. The molecule has 2 heterocycles. The van der Waals surface area contributed by atoms with Crippen LogP contribution in [0.3, 0.4) is 0 Å². The predicted octanol–water partition coefficient (Wildman–Crippen LogP) is 6.09. The summed E-state index contributed by atoms with van der Waals surface area (Å²) in [6.45, 7) is 4.10. The van der Waals surface area contributed by atoms with Crippen LogP contribution in [0.4, 0.5) is 4.39 Å². The van der Waals surface area contributed by atoms with Crippen molar-refractivity contribution in [2.45, 2.75) is 12.8 Å². The molecule has 3 aromatic carbocycles. The molecule has 140 valence electrons. The van der Waals surface area contributed by atoms with Gasteiger partial charge in [0.15, 0.2) is 0 Å². The third-order valence-electron chi connectivity index (χ3n) is 5.70. The number of hydrogen-bond donors (Lipinski definition) is 1. The van der Waals surface area contributed by atoms with E-state index in [1.54, 1.807) is 6.07 Å². The van der Waals surface area contributed by atoms with Crippen molar-refractivity contribution in [3.63, 3.8) is 0 Å². The largest absolute Gasteiger partial charge is 0.316 e. The number of halogens is 2. The van der Waals surface area contributed by atoms with Gasteiger partial charge in [0.1, 0.15) is 5.82 Å². The second-order valence-electron chi connectivity index (χ2n) is 7.43. The highest BCUT2D eigenvalue weighted by molar-refractivity contribution is 6.34. The Kier molecular flexibility index (Phi) is 4.22. The van der Waals surface area contributed by atoms with Gasteiger partial charge in [0.05, 0.1) is 10.5 Å². The van der Waals surface area contributed by atoms with Crippen LogP contribution < -0.4 is 5.32 Å². The lowest BCUT2D eigenvalue weighted by Gasteiger charge is -2.27. The van der Waals surface area contributed by atoms with Gasteiger partial charge in [-0.2, -0.15) is 0 Å². The molecule has 1 N–H and O–H groups in total. The predicted molar refractivity (Wildman–Crippen MR) is 114 cm³/mol. The number of nitrogens with one attached hydrogen (secondary N) is 1. The summed E-state index contributed by atoms with van der Waals surface area (Å²) in [5.41, 5.74) is 6.39. The van der Waals surface area contributed by atoms with Crippen LogP contribution in [0.25, 0.3) is 27.7 Å². The van der Waals surface area contributed by atoms with Gasteiger partial charge in [0.2, 0.25) is 0 Å². The smallest absolute Gasteiger partial charge is 0.142 e. The third-order valence-corrected chi connectivity index (χ3v) is 6.08. The number of aromatic nitrogens is 1. The van der Waals surface area contributed by atoms with Crippen molar-refractivity contribution in [3.05, 3.63) is 88.8 Å². The van der Waals surface area contributed by atoms with Crippen molar-refractivity contribution in [1.82, 2.24) is 9.88 Å². The van der Waals surface area contributed by atoms with E-state index in [2.05, 4.69) is 53.3 Å². The van der Waals surface area contributed by atoms with E-state index in [1.807, 2.05) is 18.2 Å². The van der Waals surface area contributed by atoms with Crippen LogP contribution >= 0.6 is 11.6 Å². The molecule has 0 atom stereocenters. The summed E-state index contributed by atoms with van der Waals surface area (Å²) in [6.07, 6.45) is 2.08. The maximum atomic E-state index is 14.2. The summed E-state index contributed by atoms with van der Waals surface area (Å²) in [5.74, 6) is 0.136. The van der Waals surface area contributed by atoms with E-state index in [0.29, 0.717) is 5.92 Å². The SMILES string of the molecule is Cc1ccccc1-n1cc(-c2cccc(F)c2Cl)c2cc(C3CNC3)ccc21. The number of fused-ring (bicyclic) bond motifs is 1. The van der Waals surface area contributed by atoms with E-state index >= 15 is 0 Å². The molecule has 1 aliphatic rings. The first-order chi connectivity index (χ1) is 13.6. The zero-order valence-electron chi connectivity index (χ0n) is 15.5. The van der Waals surface area contributed by atoms with Crippen LogP contribution in [-0.4, -0.2) is 17.7 Å². The van der Waals surface area contributed by atoms with E-state index in [9.17, 15) is 4.39 Å². The number of para-hydroxylation sites is 1. The maximum Gasteiger partial charge on any atom is 0.142 e. The summed E-state index contributed by atoms with van der Waals surface area (Å²) in [5, 5.41) is 4.60. The number of nitrogens with zero attached hydrogens (tertiary/aromatic N) is 1. The van der Waals surface area contributed by atoms with E-state index in [1.165, 1.54) is 17.2 Å². The molecule has 0 bridgehead atoms. The molecule has 1 fully saturated rings. The van der Waals surface area contributed by atoms with Gasteiger partial charge in [-0.25, -0.2) is 4.39 Å². The summed E-state index contributed by atoms with van der Waals surface area (Å²) >= 11 is 6.36. The van der Waals surface area contributed by atoms with E-state index in [-0.39, 0.29) is 5.02 Å². The molecular formula is C24H20ClFN2. The lowest BCUT2D eigenvalue weighted by Crippen LogP contribution is -2.39. The van der Waals surface area contributed by atoms with Gasteiger partial charge in [-0.1, -0.05) is 48.0 Å². The van der Waals surface area contributed by atoms with Crippen molar-refractivity contribution < 1.29 is 4.39 Å². The fourth-order valence-electron chi connectivity index (χ4n) is 3.99. The average Bonchev–Trinajstić information content (AvgIpc) is 3.02. The lowest BCUT2D eigenvalue weighted by atomic mass is 9.92. The summed E-state index contributed by atoms with van der Waals surface area (Å²) in [4.78, 5) is 0. The molecular weight excluding hydrogens is 371 g/mol. The Morgan fingerprint density at radius 1 is 1.00 bits per heavy atom. The van der Waals surface area contributed by atoms with Crippen molar-refractivity contribution in [2.24, 2.45) is 0 Å². The Balaban J connectivity index is 1.80. The van der Waals surface area contributed by atoms with Gasteiger partial charge in [-0.15, -0.1) is 0 Å². The minimum atomic E-state index is -0.393. The third kappa shape index (κ3) is 2.74. The Labute approximate surface area is 168 Å². The second-order valence-corrected chi connectivity index (χ2v) is 7.81. The Morgan fingerprint density at radius 3 is 2.57 bits per heavy atom. The molecule has 0 aliphatic carbocycles. The second kappa shape index (κ2) is 6.77. The highest BCUT2D eigenvalue weighted by Gasteiger charge is 2.22. The Hall–Kier alpha value is -2.62. The minimum absolute atomic E-state index is 0.169. The average molecular weight is 391 g/mol. The minimum Gasteiger partial charge on any atom is -0.316 e. The first-order valence-corrected chi connectivity index (χ1v) is 9.87. The topological polar surface area (TPSA) is 17.0 Å². The monoisotopic (exact) mass is 390 g/mol. The van der Waals surface area contributed by atoms with Crippen molar-refractivity contribution in [3.8, 4) is 16.8 Å². The van der Waals surface area contributed by atoms with Gasteiger partial charge in [0, 0.05) is 47.4 Å². The molecule has 4 aromatic rings. The highest BCUT2D eigenvalue weighted by atomic mass is 35.5. The first kappa shape index (κ1) is 17.5. The standard InChI is InChI=1S/C24H20ClFN2/c1-15-5-2-3-8-22(15)28-14-20(18-6-4-7-21(26)24(18)25)19-11-16(9-10-23(19)28)17-12-27-13-17/h2-11,14,17,27H,12-13H2,1H3. The highest BCUT2D eigenvalue weighted by Crippen LogP contribution is 2.39. The van der Waals surface area contributed by atoms with Gasteiger partial charge >= 0.3 is 0 Å². The summed E-state index contributed by atoms with van der Waals surface area (Å²) in [7, 11) is 0. The van der Waals surface area contributed by atoms with E-state index < -0.39 is 5.82 Å². The van der Waals surface area contributed by atoms with Crippen molar-refractivity contribution in [2.75, 3.05) is 13.1 Å². The van der Waals surface area contributed by atoms with Crippen LogP contribution in [0.1, 0.15) is 17.0 Å². The molecule has 4 heteroatoms. The van der Waals surface area contributed by atoms with Gasteiger partial charge in [-0.05, 0) is 42.3 Å². The molecule has 0 saturated carbocycles. The van der Waals surface area contributed by atoms with Crippen LogP contribution in [0.2, 0.25) is 5.02 Å². The molecule has 1 saturated heterocycles. The Morgan fingerprint density at radius 2 is 1.82 bits per heavy atom. The fraction of sp³-hybridized carbons (Fsp3) is 0.167. The molecule has 2 nitrogen and oxygen atoms in total. The molecule has 5 rings (SSSR count). The van der Waals surface area contributed by atoms with Gasteiger partial charge in [-0.3, -0.25) is 0 Å². The number of rotatable bonds is 3. The molecule has 0 spiro atoms. The summed E-state index contributed by atoms with van der Waals surface area (Å²) in [6, 6.07) is 19.9. The normalized spacial score (nSPS) is 14.4. The quantitative estimate of drug-likeness (QED) is 0.448. The van der Waals surface area contributed by atoms with E-state index in [4.69, 9.17) is 11.6 Å². The Bertz CT molecular complexity index is 1190. The molecule has 1 aromatic heterocycles. The number of hydrogen-bond acceptors (Lipinski definition) is 1. The van der Waals surface area contributed by atoms with Crippen LogP contribution in [0.5, 0.6) is 0 Å². The van der Waals surface area contributed by atoms with Crippen molar-refractivity contribution in [1.29, 1.82) is 0 Å². The lowest BCUT2D eigenvalue weighted by molar-refractivity contribution is 0.449. The molecule has 0 amide bonds. The fourth-order valence-corrected chi connectivity index (χ4v) is 4.21. The molecule has 0 unspecified atom stereocenters. The van der Waals surface area contributed by atoms with Crippen LogP contribution in [-0.2, 0) is 0 Å². The van der Waals surface area contributed by atoms with Crippen LogP contribution in [0, 0.1) is 12.7 Å². The van der Waals surface area contributed by atoms with Crippen molar-refractivity contribution >= 4 is 22.5 Å². The van der Waals surface area contributed by atoms with Crippen LogP contribution in [0.15, 0.2) is 66.9 Å². The van der Waals surface area contributed by atoms with Gasteiger partial charge in [0.25, 0.3) is 0 Å².